The Bertz CT molecular complexity index is 442. The molecular weight excluding hydrogens is 256 g/mol. The van der Waals surface area contributed by atoms with Gasteiger partial charge in [-0.2, -0.15) is 0 Å². The summed E-state index contributed by atoms with van der Waals surface area (Å²) in [7, 11) is 3.68. The average Bonchev–Trinajstić information content (AvgIpc) is 2.48. The van der Waals surface area contributed by atoms with Crippen LogP contribution < -0.4 is 9.47 Å². The van der Waals surface area contributed by atoms with Crippen LogP contribution >= 0.6 is 0 Å². The van der Waals surface area contributed by atoms with Crippen LogP contribution in [-0.4, -0.2) is 62.7 Å². The molecule has 2 rings (SSSR count). The molecule has 1 aliphatic heterocycles. The van der Waals surface area contributed by atoms with Gasteiger partial charge in [0.1, 0.15) is 0 Å². The summed E-state index contributed by atoms with van der Waals surface area (Å²) in [5.74, 6) is 1.54. The molecule has 1 fully saturated rings. The highest BCUT2D eigenvalue weighted by molar-refractivity contribution is 5.76. The summed E-state index contributed by atoms with van der Waals surface area (Å²) in [4.78, 5) is 16.2. The molecule has 1 saturated heterocycles. The smallest absolute Gasteiger partial charge is 0.226 e. The Morgan fingerprint density at radius 2 is 1.80 bits per heavy atom. The zero-order valence-electron chi connectivity index (χ0n) is 12.2. The number of likely N-dealkylation sites (N-methyl/N-ethyl adjacent to an activating group) is 1. The zero-order chi connectivity index (χ0) is 14.4. The van der Waals surface area contributed by atoms with Crippen LogP contribution in [0.4, 0.5) is 0 Å². The van der Waals surface area contributed by atoms with Crippen LogP contribution in [-0.2, 0) is 4.79 Å². The molecule has 0 bridgehead atoms. The van der Waals surface area contributed by atoms with Gasteiger partial charge in [-0.25, -0.2) is 0 Å². The Balaban J connectivity index is 1.76. The summed E-state index contributed by atoms with van der Waals surface area (Å²) in [5, 5.41) is 0. The molecule has 0 atom stereocenters. The Morgan fingerprint density at radius 1 is 1.15 bits per heavy atom. The van der Waals surface area contributed by atoms with Crippen LogP contribution in [0.1, 0.15) is 6.42 Å². The highest BCUT2D eigenvalue weighted by Gasteiger charge is 2.18. The van der Waals surface area contributed by atoms with Gasteiger partial charge in [-0.15, -0.1) is 0 Å². The minimum atomic E-state index is 0.160. The Kier molecular flexibility index (Phi) is 5.24. The fraction of sp³-hybridized carbons (Fsp3) is 0.533. The molecule has 1 aromatic rings. The molecular formula is C15H22N2O3. The van der Waals surface area contributed by atoms with E-state index >= 15 is 0 Å². The van der Waals surface area contributed by atoms with E-state index in [2.05, 4.69) is 11.9 Å². The number of piperazine rings is 1. The van der Waals surface area contributed by atoms with E-state index in [1.165, 1.54) is 0 Å². The summed E-state index contributed by atoms with van der Waals surface area (Å²) >= 11 is 0. The lowest BCUT2D eigenvalue weighted by Crippen LogP contribution is -2.47. The second-order valence-corrected chi connectivity index (χ2v) is 4.93. The second-order valence-electron chi connectivity index (χ2n) is 4.93. The van der Waals surface area contributed by atoms with E-state index in [0.29, 0.717) is 24.5 Å². The quantitative estimate of drug-likeness (QED) is 0.812. The topological polar surface area (TPSA) is 42.0 Å². The van der Waals surface area contributed by atoms with E-state index in [4.69, 9.17) is 9.47 Å². The molecule has 1 aliphatic rings. The summed E-state index contributed by atoms with van der Waals surface area (Å²) in [5.41, 5.74) is 0. The molecule has 0 spiro atoms. The van der Waals surface area contributed by atoms with E-state index in [-0.39, 0.29) is 5.91 Å². The van der Waals surface area contributed by atoms with Gasteiger partial charge in [0.2, 0.25) is 5.91 Å². The molecule has 0 aliphatic carbocycles. The maximum absolute atomic E-state index is 12.0. The van der Waals surface area contributed by atoms with Gasteiger partial charge < -0.3 is 19.3 Å². The van der Waals surface area contributed by atoms with Crippen molar-refractivity contribution in [2.75, 3.05) is 46.9 Å². The number of hydrogen-bond donors (Lipinski definition) is 0. The fourth-order valence-electron chi connectivity index (χ4n) is 2.20. The van der Waals surface area contributed by atoms with E-state index in [0.717, 1.165) is 26.2 Å². The minimum absolute atomic E-state index is 0.160. The maximum Gasteiger partial charge on any atom is 0.226 e. The lowest BCUT2D eigenvalue weighted by atomic mass is 10.3. The molecule has 0 unspecified atom stereocenters. The molecule has 0 radical (unpaired) electrons. The van der Waals surface area contributed by atoms with Crippen LogP contribution in [0.2, 0.25) is 0 Å². The van der Waals surface area contributed by atoms with Crippen molar-refractivity contribution in [3.8, 4) is 11.5 Å². The lowest BCUT2D eigenvalue weighted by molar-refractivity contribution is -0.133. The number of methoxy groups -OCH3 is 1. The predicted molar refractivity (Wildman–Crippen MR) is 77.2 cm³/mol. The number of nitrogens with zero attached hydrogens (tertiary/aromatic N) is 2. The van der Waals surface area contributed by atoms with Gasteiger partial charge in [0, 0.05) is 26.2 Å². The Labute approximate surface area is 120 Å². The van der Waals surface area contributed by atoms with Gasteiger partial charge in [0.15, 0.2) is 11.5 Å². The SMILES string of the molecule is COc1ccccc1OCCC(=O)N1CCN(C)CC1. The van der Waals surface area contributed by atoms with Crippen molar-refractivity contribution in [1.82, 2.24) is 9.80 Å². The van der Waals surface area contributed by atoms with Gasteiger partial charge in [-0.05, 0) is 19.2 Å². The van der Waals surface area contributed by atoms with Crippen molar-refractivity contribution < 1.29 is 14.3 Å². The zero-order valence-corrected chi connectivity index (χ0v) is 12.2. The first-order valence-corrected chi connectivity index (χ1v) is 6.93. The van der Waals surface area contributed by atoms with Crippen molar-refractivity contribution in [3.05, 3.63) is 24.3 Å². The predicted octanol–water partition coefficient (Wildman–Crippen LogP) is 1.24. The molecule has 0 aromatic heterocycles. The lowest BCUT2D eigenvalue weighted by Gasteiger charge is -2.32. The molecule has 110 valence electrons. The molecule has 0 N–H and O–H groups in total. The summed E-state index contributed by atoms with van der Waals surface area (Å²) < 4.78 is 10.8. The molecule has 5 heteroatoms. The number of carbonyl (C=O) groups excluding carboxylic acids is 1. The summed E-state index contributed by atoms with van der Waals surface area (Å²) in [6.45, 7) is 3.89. The first-order valence-electron chi connectivity index (χ1n) is 6.93. The third-order valence-electron chi connectivity index (χ3n) is 3.50. The number of carbonyl (C=O) groups is 1. The number of rotatable bonds is 5. The van der Waals surface area contributed by atoms with Crippen molar-refractivity contribution in [2.24, 2.45) is 0 Å². The molecule has 1 heterocycles. The van der Waals surface area contributed by atoms with Crippen LogP contribution in [0.3, 0.4) is 0 Å². The molecule has 1 aromatic carbocycles. The summed E-state index contributed by atoms with van der Waals surface area (Å²) in [6.07, 6.45) is 0.405. The third kappa shape index (κ3) is 3.87. The van der Waals surface area contributed by atoms with Crippen molar-refractivity contribution >= 4 is 5.91 Å². The molecule has 5 nitrogen and oxygen atoms in total. The Morgan fingerprint density at radius 3 is 2.45 bits per heavy atom. The van der Waals surface area contributed by atoms with Crippen LogP contribution in [0.15, 0.2) is 24.3 Å². The third-order valence-corrected chi connectivity index (χ3v) is 3.50. The van der Waals surface area contributed by atoms with Gasteiger partial charge >= 0.3 is 0 Å². The van der Waals surface area contributed by atoms with Gasteiger partial charge in [0.05, 0.1) is 20.1 Å². The highest BCUT2D eigenvalue weighted by Crippen LogP contribution is 2.25. The monoisotopic (exact) mass is 278 g/mol. The number of ether oxygens (including phenoxy) is 2. The number of hydrogen-bond acceptors (Lipinski definition) is 4. The van der Waals surface area contributed by atoms with Crippen molar-refractivity contribution in [2.45, 2.75) is 6.42 Å². The van der Waals surface area contributed by atoms with Gasteiger partial charge in [-0.1, -0.05) is 12.1 Å². The fourth-order valence-corrected chi connectivity index (χ4v) is 2.20. The summed E-state index contributed by atoms with van der Waals surface area (Å²) in [6, 6.07) is 7.47. The molecule has 1 amide bonds. The normalized spacial score (nSPS) is 16.0. The van der Waals surface area contributed by atoms with Gasteiger partial charge in [-0.3, -0.25) is 4.79 Å². The van der Waals surface area contributed by atoms with Crippen LogP contribution in [0.5, 0.6) is 11.5 Å². The van der Waals surface area contributed by atoms with Crippen LogP contribution in [0.25, 0.3) is 0 Å². The molecule has 0 saturated carbocycles. The van der Waals surface area contributed by atoms with Crippen LogP contribution in [0, 0.1) is 0 Å². The first kappa shape index (κ1) is 14.7. The van der Waals surface area contributed by atoms with Crippen molar-refractivity contribution in [3.63, 3.8) is 0 Å². The van der Waals surface area contributed by atoms with Gasteiger partial charge in [0.25, 0.3) is 0 Å². The second kappa shape index (κ2) is 7.14. The standard InChI is InChI=1S/C15H22N2O3/c1-16-8-10-17(11-9-16)15(18)7-12-20-14-6-4-3-5-13(14)19-2/h3-6H,7-12H2,1-2H3. The van der Waals surface area contributed by atoms with E-state index in [1.807, 2.05) is 29.2 Å². The number of benzene rings is 1. The number of para-hydroxylation sites is 2. The minimum Gasteiger partial charge on any atom is -0.493 e. The largest absolute Gasteiger partial charge is 0.493 e. The van der Waals surface area contributed by atoms with E-state index < -0.39 is 0 Å². The number of amides is 1. The maximum atomic E-state index is 12.0. The van der Waals surface area contributed by atoms with E-state index in [9.17, 15) is 4.79 Å². The molecule has 20 heavy (non-hydrogen) atoms. The Hall–Kier alpha value is -1.75. The van der Waals surface area contributed by atoms with Crippen molar-refractivity contribution in [1.29, 1.82) is 0 Å². The van der Waals surface area contributed by atoms with E-state index in [1.54, 1.807) is 7.11 Å². The highest BCUT2D eigenvalue weighted by atomic mass is 16.5. The average molecular weight is 278 g/mol. The first-order chi connectivity index (χ1) is 9.70.